The maximum Gasteiger partial charge on any atom is 0.306 e. The minimum Gasteiger partial charge on any atom is -0.459 e. The number of hydrogen-bond donors (Lipinski definition) is 0. The zero-order valence-electron chi connectivity index (χ0n) is 10.8. The third kappa shape index (κ3) is 1.88. The Balaban J connectivity index is 1.87. The van der Waals surface area contributed by atoms with Crippen LogP contribution in [0.5, 0.6) is 0 Å². The molecule has 3 aliphatic rings. The molecule has 0 amide bonds. The number of allylic oxidation sites excluding steroid dienone is 2. The smallest absolute Gasteiger partial charge is 0.306 e. The van der Waals surface area contributed by atoms with E-state index in [9.17, 15) is 9.59 Å². The summed E-state index contributed by atoms with van der Waals surface area (Å²) in [5, 5.41) is 0. The van der Waals surface area contributed by atoms with Gasteiger partial charge in [0.15, 0.2) is 5.78 Å². The molecule has 4 nitrogen and oxygen atoms in total. The number of fused-ring (bicyclic) bond motifs is 3. The molecule has 0 saturated carbocycles. The third-order valence-corrected chi connectivity index (χ3v) is 4.38. The molecule has 4 heteroatoms. The van der Waals surface area contributed by atoms with E-state index in [0.29, 0.717) is 12.8 Å². The van der Waals surface area contributed by atoms with E-state index in [-0.39, 0.29) is 35.5 Å². The number of esters is 1. The minimum absolute atomic E-state index is 0.0155. The van der Waals surface area contributed by atoms with Gasteiger partial charge in [-0.15, -0.1) is 0 Å². The van der Waals surface area contributed by atoms with Crippen molar-refractivity contribution in [3.63, 3.8) is 0 Å². The van der Waals surface area contributed by atoms with Crippen LogP contribution >= 0.6 is 0 Å². The van der Waals surface area contributed by atoms with Crippen LogP contribution in [0.1, 0.15) is 39.5 Å². The van der Waals surface area contributed by atoms with Gasteiger partial charge < -0.3 is 9.47 Å². The average Bonchev–Trinajstić information content (AvgIpc) is 2.82. The molecule has 0 unspecified atom stereocenters. The summed E-state index contributed by atoms with van der Waals surface area (Å²) in [4.78, 5) is 23.5. The second kappa shape index (κ2) is 3.92. The number of epoxide rings is 1. The molecule has 1 aliphatic carbocycles. The van der Waals surface area contributed by atoms with E-state index in [1.165, 1.54) is 0 Å². The monoisotopic (exact) mass is 250 g/mol. The SMILES string of the molecule is C/C1=C\CC[C@@]2(C)O[C@H]2[C@H]2OC(=O)C[C@@H]2CC1=O. The molecule has 0 spiro atoms. The first-order chi connectivity index (χ1) is 8.49. The van der Waals surface area contributed by atoms with Crippen molar-refractivity contribution in [1.29, 1.82) is 0 Å². The van der Waals surface area contributed by atoms with Crippen LogP contribution in [-0.4, -0.2) is 29.6 Å². The summed E-state index contributed by atoms with van der Waals surface area (Å²) in [5.74, 6) is -0.0812. The lowest BCUT2D eigenvalue weighted by Crippen LogP contribution is -2.30. The normalized spacial score (nSPS) is 46.6. The van der Waals surface area contributed by atoms with Crippen LogP contribution in [0.4, 0.5) is 0 Å². The van der Waals surface area contributed by atoms with Gasteiger partial charge in [-0.3, -0.25) is 9.59 Å². The zero-order valence-corrected chi connectivity index (χ0v) is 10.8. The molecule has 0 aromatic heterocycles. The summed E-state index contributed by atoms with van der Waals surface area (Å²) in [7, 11) is 0. The number of carbonyl (C=O) groups excluding carboxylic acids is 2. The number of rotatable bonds is 0. The molecule has 18 heavy (non-hydrogen) atoms. The van der Waals surface area contributed by atoms with E-state index < -0.39 is 0 Å². The quantitative estimate of drug-likeness (QED) is 0.485. The van der Waals surface area contributed by atoms with Crippen molar-refractivity contribution in [2.75, 3.05) is 0 Å². The fourth-order valence-corrected chi connectivity index (χ4v) is 3.08. The Morgan fingerprint density at radius 1 is 1.33 bits per heavy atom. The lowest BCUT2D eigenvalue weighted by molar-refractivity contribution is -0.142. The first-order valence-electron chi connectivity index (χ1n) is 6.57. The molecule has 0 aromatic rings. The summed E-state index contributed by atoms with van der Waals surface area (Å²) < 4.78 is 11.1. The topological polar surface area (TPSA) is 55.9 Å². The van der Waals surface area contributed by atoms with Crippen LogP contribution < -0.4 is 0 Å². The standard InChI is InChI=1S/C14H18O4/c1-8-4-3-5-14(2)13(18-14)12-9(6-10(8)15)7-11(16)17-12/h4,9,12-13H,3,5-7H2,1-2H3/b8-4+/t9-,12-,13-,14+/m0/s1. The molecule has 4 atom stereocenters. The van der Waals surface area contributed by atoms with Crippen molar-refractivity contribution in [2.45, 2.75) is 57.3 Å². The highest BCUT2D eigenvalue weighted by atomic mass is 16.6. The molecule has 0 radical (unpaired) electrons. The Bertz CT molecular complexity index is 439. The Morgan fingerprint density at radius 2 is 2.11 bits per heavy atom. The lowest BCUT2D eigenvalue weighted by atomic mass is 9.85. The zero-order chi connectivity index (χ0) is 12.9. The lowest BCUT2D eigenvalue weighted by Gasteiger charge is -2.18. The average molecular weight is 250 g/mol. The summed E-state index contributed by atoms with van der Waals surface area (Å²) in [5.41, 5.74) is 0.626. The highest BCUT2D eigenvalue weighted by Gasteiger charge is 2.60. The summed E-state index contributed by atoms with van der Waals surface area (Å²) in [6.07, 6.45) is 4.21. The molecule has 2 fully saturated rings. The molecular formula is C14H18O4. The molecule has 2 heterocycles. The molecule has 0 N–H and O–H groups in total. The van der Waals surface area contributed by atoms with Crippen LogP contribution in [-0.2, 0) is 19.1 Å². The Morgan fingerprint density at radius 3 is 2.89 bits per heavy atom. The molecule has 3 rings (SSSR count). The van der Waals surface area contributed by atoms with E-state index in [2.05, 4.69) is 6.92 Å². The van der Waals surface area contributed by atoms with Crippen molar-refractivity contribution in [3.8, 4) is 0 Å². The predicted molar refractivity (Wildman–Crippen MR) is 63.9 cm³/mol. The van der Waals surface area contributed by atoms with Crippen LogP contribution in [0.25, 0.3) is 0 Å². The second-order valence-electron chi connectivity index (χ2n) is 5.82. The van der Waals surface area contributed by atoms with E-state index in [1.54, 1.807) is 0 Å². The van der Waals surface area contributed by atoms with E-state index in [4.69, 9.17) is 9.47 Å². The fourth-order valence-electron chi connectivity index (χ4n) is 3.08. The second-order valence-corrected chi connectivity index (χ2v) is 5.82. The van der Waals surface area contributed by atoms with Crippen molar-refractivity contribution >= 4 is 11.8 Å². The summed E-state index contributed by atoms with van der Waals surface area (Å²) in [6.45, 7) is 3.91. The molecule has 98 valence electrons. The van der Waals surface area contributed by atoms with E-state index in [0.717, 1.165) is 18.4 Å². The van der Waals surface area contributed by atoms with Gasteiger partial charge >= 0.3 is 5.97 Å². The first-order valence-corrected chi connectivity index (χ1v) is 6.57. The molecule has 2 saturated heterocycles. The summed E-state index contributed by atoms with van der Waals surface area (Å²) >= 11 is 0. The number of ether oxygens (including phenoxy) is 2. The number of Topliss-reactive ketones (excluding diaryl/α,β-unsaturated/α-hetero) is 1. The number of carbonyl (C=O) groups is 2. The van der Waals surface area contributed by atoms with Crippen molar-refractivity contribution in [3.05, 3.63) is 11.6 Å². The van der Waals surface area contributed by atoms with Gasteiger partial charge in [-0.25, -0.2) is 0 Å². The predicted octanol–water partition coefficient (Wildman–Crippen LogP) is 1.77. The number of hydrogen-bond acceptors (Lipinski definition) is 4. The highest BCUT2D eigenvalue weighted by molar-refractivity contribution is 5.95. The number of ketones is 1. The molecule has 0 bridgehead atoms. The summed E-state index contributed by atoms with van der Waals surface area (Å²) in [6, 6.07) is 0. The Hall–Kier alpha value is -1.16. The van der Waals surface area contributed by atoms with E-state index in [1.807, 2.05) is 13.0 Å². The Kier molecular flexibility index (Phi) is 2.59. The van der Waals surface area contributed by atoms with Crippen molar-refractivity contribution < 1.29 is 19.1 Å². The van der Waals surface area contributed by atoms with Gasteiger partial charge in [0.2, 0.25) is 0 Å². The van der Waals surface area contributed by atoms with Gasteiger partial charge in [0, 0.05) is 12.3 Å². The van der Waals surface area contributed by atoms with Crippen LogP contribution in [0.15, 0.2) is 11.6 Å². The van der Waals surface area contributed by atoms with Crippen LogP contribution in [0.3, 0.4) is 0 Å². The Labute approximate surface area is 106 Å². The minimum atomic E-state index is -0.225. The fraction of sp³-hybridized carbons (Fsp3) is 0.714. The van der Waals surface area contributed by atoms with Crippen molar-refractivity contribution in [1.82, 2.24) is 0 Å². The molecular weight excluding hydrogens is 232 g/mol. The maximum absolute atomic E-state index is 12.0. The highest BCUT2D eigenvalue weighted by Crippen LogP contribution is 2.48. The maximum atomic E-state index is 12.0. The van der Waals surface area contributed by atoms with Crippen molar-refractivity contribution in [2.24, 2.45) is 5.92 Å². The molecule has 2 aliphatic heterocycles. The van der Waals surface area contributed by atoms with E-state index >= 15 is 0 Å². The largest absolute Gasteiger partial charge is 0.459 e. The van der Waals surface area contributed by atoms with Gasteiger partial charge in [-0.05, 0) is 32.3 Å². The van der Waals surface area contributed by atoms with Gasteiger partial charge in [0.05, 0.1) is 12.0 Å². The van der Waals surface area contributed by atoms with Gasteiger partial charge in [-0.1, -0.05) is 6.08 Å². The van der Waals surface area contributed by atoms with Crippen LogP contribution in [0.2, 0.25) is 0 Å². The van der Waals surface area contributed by atoms with Crippen LogP contribution in [0, 0.1) is 5.92 Å². The molecule has 0 aromatic carbocycles. The van der Waals surface area contributed by atoms with Gasteiger partial charge in [-0.2, -0.15) is 0 Å². The third-order valence-electron chi connectivity index (χ3n) is 4.38. The first kappa shape index (κ1) is 11.9. The van der Waals surface area contributed by atoms with Gasteiger partial charge in [0.1, 0.15) is 12.2 Å². The van der Waals surface area contributed by atoms with Gasteiger partial charge in [0.25, 0.3) is 0 Å².